The lowest BCUT2D eigenvalue weighted by atomic mass is 9.94. The zero-order valence-corrected chi connectivity index (χ0v) is 11.0. The van der Waals surface area contributed by atoms with E-state index >= 15 is 0 Å². The highest BCUT2D eigenvalue weighted by Gasteiger charge is 2.53. The molecule has 4 heteroatoms. The van der Waals surface area contributed by atoms with Crippen molar-refractivity contribution in [2.24, 2.45) is 5.92 Å². The number of carbonyl (C=O) groups excluding carboxylic acids is 1. The van der Waals surface area contributed by atoms with Crippen molar-refractivity contribution >= 4 is 11.6 Å². The fourth-order valence-electron chi connectivity index (χ4n) is 3.02. The van der Waals surface area contributed by atoms with Gasteiger partial charge in [0.15, 0.2) is 0 Å². The van der Waals surface area contributed by atoms with Crippen LogP contribution in [-0.4, -0.2) is 35.6 Å². The van der Waals surface area contributed by atoms with Gasteiger partial charge >= 0.3 is 0 Å². The molecule has 1 atom stereocenters. The third kappa shape index (κ3) is 2.10. The molecule has 4 nitrogen and oxygen atoms in total. The number of aliphatic hydroxyl groups excluding tert-OH is 1. The van der Waals surface area contributed by atoms with E-state index in [0.29, 0.717) is 6.54 Å². The predicted octanol–water partition coefficient (Wildman–Crippen LogP) is 1.14. The number of likely N-dealkylation sites (tertiary alicyclic amines) is 1. The van der Waals surface area contributed by atoms with Crippen molar-refractivity contribution in [2.75, 3.05) is 25.4 Å². The van der Waals surface area contributed by atoms with Crippen molar-refractivity contribution in [1.82, 2.24) is 4.90 Å². The number of nitrogens with two attached hydrogens (primary N) is 1. The number of anilines is 1. The van der Waals surface area contributed by atoms with Gasteiger partial charge in [-0.15, -0.1) is 0 Å². The van der Waals surface area contributed by atoms with E-state index in [1.54, 1.807) is 0 Å². The van der Waals surface area contributed by atoms with Crippen LogP contribution in [0.2, 0.25) is 0 Å². The van der Waals surface area contributed by atoms with Gasteiger partial charge in [-0.25, -0.2) is 0 Å². The molecule has 19 heavy (non-hydrogen) atoms. The summed E-state index contributed by atoms with van der Waals surface area (Å²) in [5, 5.41) is 9.18. The number of rotatable bonds is 3. The molecule has 0 aromatic heterocycles. The highest BCUT2D eigenvalue weighted by molar-refractivity contribution is 5.91. The second-order valence-electron chi connectivity index (χ2n) is 5.79. The summed E-state index contributed by atoms with van der Waals surface area (Å²) in [7, 11) is 0. The Balaban J connectivity index is 1.78. The number of carbonyl (C=O) groups is 1. The second-order valence-corrected chi connectivity index (χ2v) is 5.79. The fourth-order valence-corrected chi connectivity index (χ4v) is 3.02. The molecule has 1 aromatic rings. The van der Waals surface area contributed by atoms with Crippen LogP contribution in [0, 0.1) is 5.92 Å². The molecule has 3 N–H and O–H groups in total. The molecule has 1 aliphatic carbocycles. The van der Waals surface area contributed by atoms with E-state index in [1.807, 2.05) is 29.2 Å². The van der Waals surface area contributed by atoms with Crippen LogP contribution >= 0.6 is 0 Å². The Hall–Kier alpha value is -1.55. The summed E-state index contributed by atoms with van der Waals surface area (Å²) >= 11 is 0. The number of hydrogen-bond donors (Lipinski definition) is 2. The summed E-state index contributed by atoms with van der Waals surface area (Å²) in [5.41, 5.74) is 7.21. The first-order chi connectivity index (χ1) is 9.15. The molecular weight excluding hydrogens is 240 g/mol. The van der Waals surface area contributed by atoms with Gasteiger partial charge in [0.2, 0.25) is 5.91 Å². The molecule has 2 fully saturated rings. The maximum Gasteiger partial charge on any atom is 0.233 e. The van der Waals surface area contributed by atoms with E-state index in [1.165, 1.54) is 0 Å². The van der Waals surface area contributed by atoms with Gasteiger partial charge in [0, 0.05) is 31.3 Å². The summed E-state index contributed by atoms with van der Waals surface area (Å²) < 4.78 is 0. The Bertz CT molecular complexity index is 479. The minimum atomic E-state index is -0.307. The fraction of sp³-hybridized carbons (Fsp3) is 0.533. The SMILES string of the molecule is Nc1ccc(C2(C(=O)N3CCC(CO)C3)CC2)cc1. The normalized spacial score (nSPS) is 24.5. The summed E-state index contributed by atoms with van der Waals surface area (Å²) in [6.45, 7) is 1.66. The molecule has 102 valence electrons. The van der Waals surface area contributed by atoms with E-state index in [4.69, 9.17) is 5.73 Å². The number of benzene rings is 1. The number of hydrogen-bond acceptors (Lipinski definition) is 3. The molecule has 1 amide bonds. The number of amides is 1. The zero-order chi connectivity index (χ0) is 13.5. The lowest BCUT2D eigenvalue weighted by Crippen LogP contribution is -2.38. The first kappa shape index (κ1) is 12.5. The van der Waals surface area contributed by atoms with Crippen molar-refractivity contribution in [3.8, 4) is 0 Å². The average molecular weight is 260 g/mol. The molecule has 1 unspecified atom stereocenters. The first-order valence-corrected chi connectivity index (χ1v) is 6.92. The van der Waals surface area contributed by atoms with Crippen LogP contribution in [-0.2, 0) is 10.2 Å². The molecule has 1 saturated carbocycles. The summed E-state index contributed by atoms with van der Waals surface area (Å²) in [5.74, 6) is 0.486. The molecule has 1 heterocycles. The molecule has 3 rings (SSSR count). The predicted molar refractivity (Wildman–Crippen MR) is 73.5 cm³/mol. The molecule has 2 aliphatic rings. The van der Waals surface area contributed by atoms with E-state index in [2.05, 4.69) is 0 Å². The van der Waals surface area contributed by atoms with Gasteiger partial charge in [-0.3, -0.25) is 4.79 Å². The maximum absolute atomic E-state index is 12.7. The van der Waals surface area contributed by atoms with Crippen molar-refractivity contribution < 1.29 is 9.90 Å². The minimum absolute atomic E-state index is 0.179. The number of nitrogen functional groups attached to an aromatic ring is 1. The van der Waals surface area contributed by atoms with E-state index in [-0.39, 0.29) is 23.8 Å². The smallest absolute Gasteiger partial charge is 0.233 e. The van der Waals surface area contributed by atoms with Gasteiger partial charge < -0.3 is 15.7 Å². The largest absolute Gasteiger partial charge is 0.399 e. The van der Waals surface area contributed by atoms with Crippen molar-refractivity contribution in [3.05, 3.63) is 29.8 Å². The van der Waals surface area contributed by atoms with Crippen molar-refractivity contribution in [3.63, 3.8) is 0 Å². The van der Waals surface area contributed by atoms with Gasteiger partial charge in [-0.05, 0) is 37.0 Å². The summed E-state index contributed by atoms with van der Waals surface area (Å²) in [4.78, 5) is 14.6. The Morgan fingerprint density at radius 1 is 1.37 bits per heavy atom. The van der Waals surface area contributed by atoms with Crippen LogP contribution in [0.25, 0.3) is 0 Å². The molecular formula is C15H20N2O2. The van der Waals surface area contributed by atoms with Crippen LogP contribution in [0.15, 0.2) is 24.3 Å². The van der Waals surface area contributed by atoms with Gasteiger partial charge in [0.05, 0.1) is 5.41 Å². The van der Waals surface area contributed by atoms with Crippen LogP contribution in [0.3, 0.4) is 0 Å². The van der Waals surface area contributed by atoms with Gasteiger partial charge in [0.1, 0.15) is 0 Å². The van der Waals surface area contributed by atoms with E-state index < -0.39 is 0 Å². The third-order valence-corrected chi connectivity index (χ3v) is 4.45. The van der Waals surface area contributed by atoms with Crippen molar-refractivity contribution in [2.45, 2.75) is 24.7 Å². The zero-order valence-electron chi connectivity index (χ0n) is 11.0. The molecule has 1 aromatic carbocycles. The summed E-state index contributed by atoms with van der Waals surface area (Å²) in [6, 6.07) is 7.67. The van der Waals surface area contributed by atoms with Gasteiger partial charge in [-0.1, -0.05) is 12.1 Å². The highest BCUT2D eigenvalue weighted by atomic mass is 16.3. The quantitative estimate of drug-likeness (QED) is 0.801. The second kappa shape index (κ2) is 4.53. The van der Waals surface area contributed by atoms with E-state index in [9.17, 15) is 9.90 Å². The Kier molecular flexibility index (Phi) is 2.97. The van der Waals surface area contributed by atoms with Crippen LogP contribution in [0.1, 0.15) is 24.8 Å². The first-order valence-electron chi connectivity index (χ1n) is 6.92. The molecule has 0 radical (unpaired) electrons. The molecule has 1 saturated heterocycles. The number of nitrogens with zero attached hydrogens (tertiary/aromatic N) is 1. The van der Waals surface area contributed by atoms with E-state index in [0.717, 1.165) is 37.1 Å². The Labute approximate surface area is 113 Å². The Morgan fingerprint density at radius 2 is 2.05 bits per heavy atom. The lowest BCUT2D eigenvalue weighted by Gasteiger charge is -2.23. The highest BCUT2D eigenvalue weighted by Crippen LogP contribution is 2.50. The van der Waals surface area contributed by atoms with Crippen LogP contribution < -0.4 is 5.73 Å². The lowest BCUT2D eigenvalue weighted by molar-refractivity contribution is -0.133. The van der Waals surface area contributed by atoms with Crippen LogP contribution in [0.5, 0.6) is 0 Å². The van der Waals surface area contributed by atoms with Gasteiger partial charge in [0.25, 0.3) is 0 Å². The Morgan fingerprint density at radius 3 is 2.58 bits per heavy atom. The maximum atomic E-state index is 12.7. The standard InChI is InChI=1S/C15H20N2O2/c16-13-3-1-12(2-4-13)15(6-7-15)14(19)17-8-5-11(9-17)10-18/h1-4,11,18H,5-10,16H2. The summed E-state index contributed by atoms with van der Waals surface area (Å²) in [6.07, 6.45) is 2.77. The van der Waals surface area contributed by atoms with Crippen LogP contribution in [0.4, 0.5) is 5.69 Å². The topological polar surface area (TPSA) is 66.6 Å². The monoisotopic (exact) mass is 260 g/mol. The molecule has 0 bridgehead atoms. The van der Waals surface area contributed by atoms with Gasteiger partial charge in [-0.2, -0.15) is 0 Å². The number of aliphatic hydroxyl groups is 1. The average Bonchev–Trinajstić information content (AvgIpc) is 3.09. The third-order valence-electron chi connectivity index (χ3n) is 4.45. The minimum Gasteiger partial charge on any atom is -0.399 e. The molecule has 0 spiro atoms. The molecule has 1 aliphatic heterocycles. The van der Waals surface area contributed by atoms with Crippen molar-refractivity contribution in [1.29, 1.82) is 0 Å².